The smallest absolute Gasteiger partial charge is 0.343 e. The number of ether oxygens (including phenoxy) is 3. The number of esters is 3. The van der Waals surface area contributed by atoms with Gasteiger partial charge in [-0.15, -0.1) is 0 Å². The normalized spacial score (nSPS) is 10.7. The zero-order valence-corrected chi connectivity index (χ0v) is 44.2. The van der Waals surface area contributed by atoms with Gasteiger partial charge in [0.05, 0.1) is 36.4 Å². The number of carbonyl (C=O) groups is 3. The highest BCUT2D eigenvalue weighted by atomic mass is 79.9. The van der Waals surface area contributed by atoms with E-state index in [9.17, 15) is 28.8 Å². The lowest BCUT2D eigenvalue weighted by atomic mass is 10.1. The number of anilines is 2. The Morgan fingerprint density at radius 3 is 1.47 bits per heavy atom. The van der Waals surface area contributed by atoms with Crippen molar-refractivity contribution in [2.45, 2.75) is 33.9 Å². The largest absolute Gasteiger partial charge is 0.462 e. The molecule has 0 amide bonds. The first kappa shape index (κ1) is 53.5. The highest BCUT2D eigenvalue weighted by Gasteiger charge is 2.19. The zero-order valence-electron chi connectivity index (χ0n) is 39.5. The second-order valence-corrected chi connectivity index (χ2v) is 18.7. The summed E-state index contributed by atoms with van der Waals surface area (Å²) in [7, 11) is 0. The maximum atomic E-state index is 13.0. The van der Waals surface area contributed by atoms with Crippen LogP contribution in [-0.4, -0.2) is 51.8 Å². The number of hydrogen-bond acceptors (Lipinski definition) is 10. The molecule has 0 bridgehead atoms. The molecule has 0 saturated heterocycles. The Morgan fingerprint density at radius 1 is 0.521 bits per heavy atom. The molecular weight excluding hydrogens is 1100 g/mol. The molecule has 2 N–H and O–H groups in total. The van der Waals surface area contributed by atoms with Crippen LogP contribution >= 0.6 is 55.1 Å². The number of fused-ring (bicyclic) bond motifs is 3. The molecule has 0 aliphatic heterocycles. The molecule has 17 heteroatoms. The number of hydrogen-bond donors (Lipinski definition) is 2. The van der Waals surface area contributed by atoms with Crippen molar-refractivity contribution < 1.29 is 28.6 Å². The van der Waals surface area contributed by atoms with Crippen molar-refractivity contribution >= 4 is 117 Å². The summed E-state index contributed by atoms with van der Waals surface area (Å²) >= 11 is 18.7. The second kappa shape index (κ2) is 24.9. The van der Waals surface area contributed by atoms with Crippen molar-refractivity contribution in [2.24, 2.45) is 0 Å². The molecule has 0 unspecified atom stereocenters. The predicted molar refractivity (Wildman–Crippen MR) is 295 cm³/mol. The van der Waals surface area contributed by atoms with Gasteiger partial charge < -0.3 is 33.6 Å². The van der Waals surface area contributed by atoms with Crippen LogP contribution in [0.2, 0.25) is 10.0 Å². The molecule has 13 nitrogen and oxygen atoms in total. The van der Waals surface area contributed by atoms with E-state index in [0.29, 0.717) is 50.3 Å². The Bertz CT molecular complexity index is 3660. The first-order chi connectivity index (χ1) is 35.2. The van der Waals surface area contributed by atoms with E-state index >= 15 is 0 Å². The number of carbonyl (C=O) groups excluding carboxylic acids is 3. The lowest BCUT2D eigenvalue weighted by molar-refractivity contribution is 0.0514. The Balaban J connectivity index is 0.000000167. The van der Waals surface area contributed by atoms with E-state index in [-0.39, 0.29) is 52.8 Å². The minimum absolute atomic E-state index is 0.0204. The maximum Gasteiger partial charge on any atom is 0.343 e. The van der Waals surface area contributed by atoms with Crippen LogP contribution < -0.4 is 21.6 Å². The van der Waals surface area contributed by atoms with Crippen LogP contribution in [-0.2, 0) is 27.3 Å². The fourth-order valence-corrected chi connectivity index (χ4v) is 8.58. The van der Waals surface area contributed by atoms with Crippen LogP contribution in [0.4, 0.5) is 11.4 Å². The van der Waals surface area contributed by atoms with Gasteiger partial charge in [0, 0.05) is 78.2 Å². The lowest BCUT2D eigenvalue weighted by Gasteiger charge is -2.15. The van der Waals surface area contributed by atoms with Crippen LogP contribution in [0, 0.1) is 0 Å². The molecule has 0 spiro atoms. The van der Waals surface area contributed by atoms with E-state index in [2.05, 4.69) is 42.2 Å². The van der Waals surface area contributed by atoms with E-state index in [1.807, 2.05) is 106 Å². The van der Waals surface area contributed by atoms with Crippen LogP contribution in [0.1, 0.15) is 63.0 Å². The summed E-state index contributed by atoms with van der Waals surface area (Å²) in [5, 5.41) is 6.05. The molecule has 3 aromatic heterocycles. The summed E-state index contributed by atoms with van der Waals surface area (Å²) in [5.41, 5.74) is 5.01. The van der Waals surface area contributed by atoms with Crippen LogP contribution in [0.15, 0.2) is 175 Å². The standard InChI is InChI=1S/C25H21ClN2O3.C19H15BrClNO3.C12H10BrNO3/c1-2-31-25(30)22-16-28(15-17-8-10-18(26)11-9-17)23-14-20(12-13-21(23)24(22)29)27-19-6-4-3-5-7-19;1-2-25-19(24)16-11-22(10-12-3-6-14(21)7-4-12)17-9-13(20)5-8-15(17)18(16)23;1-2-17-12(16)9-6-14-10-5-7(13)3-4-8(10)11(9)15/h3-14,16,27H,2,15H2,1H3;3-9,11H,2,10H2,1H3;3-6H,2H2,1H3,(H,14,15). The average Bonchev–Trinajstić information content (AvgIpc) is 3.38. The number of nitrogens with one attached hydrogen (secondary N) is 2. The van der Waals surface area contributed by atoms with Crippen molar-refractivity contribution in [2.75, 3.05) is 25.1 Å². The zero-order chi connectivity index (χ0) is 52.2. The van der Waals surface area contributed by atoms with Gasteiger partial charge in [0.1, 0.15) is 16.7 Å². The summed E-state index contributed by atoms with van der Waals surface area (Å²) in [6.07, 6.45) is 4.52. The summed E-state index contributed by atoms with van der Waals surface area (Å²) in [4.78, 5) is 76.7. The van der Waals surface area contributed by atoms with Gasteiger partial charge in [-0.05, 0) is 123 Å². The fraction of sp³-hybridized carbons (Fsp3) is 0.143. The number of rotatable bonds is 12. The Hall–Kier alpha value is -7.30. The molecule has 372 valence electrons. The number of pyridine rings is 3. The Morgan fingerprint density at radius 2 is 0.959 bits per heavy atom. The van der Waals surface area contributed by atoms with Crippen molar-refractivity contribution in [1.29, 1.82) is 0 Å². The third-order valence-electron chi connectivity index (χ3n) is 11.0. The maximum absolute atomic E-state index is 13.0. The van der Waals surface area contributed by atoms with Crippen LogP contribution in [0.25, 0.3) is 32.7 Å². The van der Waals surface area contributed by atoms with Gasteiger partial charge in [-0.3, -0.25) is 14.4 Å². The number of halogens is 4. The van der Waals surface area contributed by atoms with E-state index in [1.54, 1.807) is 69.6 Å². The molecule has 0 radical (unpaired) electrons. The minimum Gasteiger partial charge on any atom is -0.462 e. The molecule has 9 aromatic rings. The highest BCUT2D eigenvalue weighted by molar-refractivity contribution is 9.10. The first-order valence-electron chi connectivity index (χ1n) is 22.8. The second-order valence-electron chi connectivity index (χ2n) is 16.0. The number of H-pyrrole nitrogens is 1. The predicted octanol–water partition coefficient (Wildman–Crippen LogP) is 12.7. The number of aromatic nitrogens is 3. The van der Waals surface area contributed by atoms with Crippen molar-refractivity contribution in [1.82, 2.24) is 14.1 Å². The van der Waals surface area contributed by atoms with Gasteiger partial charge in [0.2, 0.25) is 16.3 Å². The molecule has 73 heavy (non-hydrogen) atoms. The first-order valence-corrected chi connectivity index (χ1v) is 25.1. The molecule has 0 aliphatic carbocycles. The molecule has 0 saturated carbocycles. The summed E-state index contributed by atoms with van der Waals surface area (Å²) in [5.74, 6) is -1.83. The van der Waals surface area contributed by atoms with Gasteiger partial charge >= 0.3 is 17.9 Å². The fourth-order valence-electron chi connectivity index (χ4n) is 7.62. The van der Waals surface area contributed by atoms with Gasteiger partial charge in [-0.1, -0.05) is 97.5 Å². The summed E-state index contributed by atoms with van der Waals surface area (Å²) in [6.45, 7) is 6.75. The van der Waals surface area contributed by atoms with Crippen molar-refractivity contribution in [3.05, 3.63) is 230 Å². The highest BCUT2D eigenvalue weighted by Crippen LogP contribution is 2.24. The van der Waals surface area contributed by atoms with Gasteiger partial charge in [-0.25, -0.2) is 14.4 Å². The molecule has 9 rings (SSSR count). The topological polar surface area (TPSA) is 168 Å². The number of para-hydroxylation sites is 1. The molecule has 6 aromatic carbocycles. The molecular formula is C56H46Br2Cl2N4O9. The number of nitrogens with zero attached hydrogens (tertiary/aromatic N) is 2. The molecule has 0 atom stereocenters. The van der Waals surface area contributed by atoms with E-state index < -0.39 is 17.9 Å². The summed E-state index contributed by atoms with van der Waals surface area (Å²) in [6, 6.07) is 40.7. The van der Waals surface area contributed by atoms with Gasteiger partial charge in [0.15, 0.2) is 0 Å². The van der Waals surface area contributed by atoms with Crippen molar-refractivity contribution in [3.8, 4) is 0 Å². The van der Waals surface area contributed by atoms with Crippen LogP contribution in [0.3, 0.4) is 0 Å². The minimum atomic E-state index is -0.620. The number of benzene rings is 6. The quantitative estimate of drug-likeness (QED) is 0.0887. The van der Waals surface area contributed by atoms with Crippen LogP contribution in [0.5, 0.6) is 0 Å². The SMILES string of the molecule is CCOC(=O)c1c[nH]c2cc(Br)ccc2c1=O.CCOC(=O)c1cn(Cc2ccc(Cl)cc2)c2cc(Br)ccc2c1=O.CCOC(=O)c1cn(Cc2ccc(Cl)cc2)c2cc(Nc3ccccc3)ccc2c1=O. The lowest BCUT2D eigenvalue weighted by Crippen LogP contribution is -2.21. The van der Waals surface area contributed by atoms with E-state index in [0.717, 1.165) is 37.0 Å². The molecule has 3 heterocycles. The molecule has 0 fully saturated rings. The van der Waals surface area contributed by atoms with Crippen molar-refractivity contribution in [3.63, 3.8) is 0 Å². The summed E-state index contributed by atoms with van der Waals surface area (Å²) < 4.78 is 20.4. The average molecular weight is 1150 g/mol. The van der Waals surface area contributed by atoms with Gasteiger partial charge in [0.25, 0.3) is 0 Å². The third-order valence-corrected chi connectivity index (χ3v) is 12.5. The molecule has 0 aliphatic rings. The van der Waals surface area contributed by atoms with Gasteiger partial charge in [-0.2, -0.15) is 0 Å². The van der Waals surface area contributed by atoms with E-state index in [1.165, 1.54) is 6.20 Å². The number of aromatic amines is 1. The Labute approximate surface area is 445 Å². The Kier molecular flexibility index (Phi) is 18.2. The van der Waals surface area contributed by atoms with E-state index in [4.69, 9.17) is 37.4 Å². The monoisotopic (exact) mass is 1150 g/mol. The third kappa shape index (κ3) is 13.4.